The summed E-state index contributed by atoms with van der Waals surface area (Å²) >= 11 is 0. The summed E-state index contributed by atoms with van der Waals surface area (Å²) < 4.78 is 0. The van der Waals surface area contributed by atoms with Gasteiger partial charge in [0.2, 0.25) is 0 Å². The zero-order valence-corrected chi connectivity index (χ0v) is 9.86. The predicted molar refractivity (Wildman–Crippen MR) is 59.8 cm³/mol. The third-order valence-corrected chi connectivity index (χ3v) is 3.68. The lowest BCUT2D eigenvalue weighted by atomic mass is 10.2. The van der Waals surface area contributed by atoms with Crippen LogP contribution in [0.3, 0.4) is 0 Å². The van der Waals surface area contributed by atoms with Crippen LogP contribution in [-0.2, 0) is 0 Å². The number of hydrogen-bond acceptors (Lipinski definition) is 2. The molecule has 0 saturated carbocycles. The van der Waals surface area contributed by atoms with Crippen molar-refractivity contribution in [1.82, 2.24) is 15.1 Å². The van der Waals surface area contributed by atoms with Gasteiger partial charge in [0, 0.05) is 38.3 Å². The van der Waals surface area contributed by atoms with E-state index in [0.29, 0.717) is 12.1 Å². The Morgan fingerprint density at radius 1 is 1.33 bits per heavy atom. The molecule has 4 heteroatoms. The Balaban J connectivity index is 2.07. The molecule has 2 bridgehead atoms. The highest BCUT2D eigenvalue weighted by Gasteiger charge is 2.40. The minimum absolute atomic E-state index is 0.207. The van der Waals surface area contributed by atoms with Crippen LogP contribution in [0, 0.1) is 0 Å². The highest BCUT2D eigenvalue weighted by molar-refractivity contribution is 5.75. The van der Waals surface area contributed by atoms with E-state index in [4.69, 9.17) is 0 Å². The lowest BCUT2D eigenvalue weighted by molar-refractivity contribution is 0.117. The fourth-order valence-electron chi connectivity index (χ4n) is 2.49. The van der Waals surface area contributed by atoms with Crippen molar-refractivity contribution in [2.75, 3.05) is 20.1 Å². The molecule has 86 valence electrons. The monoisotopic (exact) mass is 211 g/mol. The summed E-state index contributed by atoms with van der Waals surface area (Å²) in [7, 11) is 1.90. The van der Waals surface area contributed by atoms with Crippen molar-refractivity contribution in [3.05, 3.63) is 0 Å². The van der Waals surface area contributed by atoms with Crippen molar-refractivity contribution >= 4 is 6.03 Å². The molecule has 2 saturated heterocycles. The molecule has 2 unspecified atom stereocenters. The molecule has 0 aliphatic carbocycles. The smallest absolute Gasteiger partial charge is 0.320 e. The van der Waals surface area contributed by atoms with E-state index in [9.17, 15) is 4.79 Å². The number of nitrogens with zero attached hydrogens (tertiary/aromatic N) is 2. The van der Waals surface area contributed by atoms with Crippen LogP contribution < -0.4 is 5.32 Å². The Hall–Kier alpha value is -0.770. The number of amides is 2. The largest absolute Gasteiger partial charge is 0.325 e. The van der Waals surface area contributed by atoms with Crippen LogP contribution >= 0.6 is 0 Å². The first kappa shape index (κ1) is 10.7. The van der Waals surface area contributed by atoms with Gasteiger partial charge in [0.15, 0.2) is 0 Å². The number of urea groups is 1. The molecule has 2 amide bonds. The molecule has 2 atom stereocenters. The average Bonchev–Trinajstić information content (AvgIpc) is 2.46. The maximum Gasteiger partial charge on any atom is 0.320 e. The van der Waals surface area contributed by atoms with Gasteiger partial charge in [0.05, 0.1) is 0 Å². The van der Waals surface area contributed by atoms with E-state index in [2.05, 4.69) is 24.1 Å². The van der Waals surface area contributed by atoms with Crippen LogP contribution in [0.25, 0.3) is 0 Å². The molecule has 0 spiro atoms. The maximum atomic E-state index is 12.2. The molecule has 0 aromatic carbocycles. The number of nitrogens with one attached hydrogen (secondary N) is 1. The lowest BCUT2D eigenvalue weighted by Crippen LogP contribution is -2.58. The number of piperazine rings is 1. The Morgan fingerprint density at radius 3 is 2.33 bits per heavy atom. The molecule has 0 radical (unpaired) electrons. The summed E-state index contributed by atoms with van der Waals surface area (Å²) in [5.41, 5.74) is 0. The maximum absolute atomic E-state index is 12.2. The highest BCUT2D eigenvalue weighted by Crippen LogP contribution is 2.27. The minimum atomic E-state index is 0.207. The average molecular weight is 211 g/mol. The molecule has 0 aromatic heterocycles. The van der Waals surface area contributed by atoms with Gasteiger partial charge in [-0.15, -0.1) is 0 Å². The van der Waals surface area contributed by atoms with Gasteiger partial charge in [-0.05, 0) is 26.7 Å². The van der Waals surface area contributed by atoms with E-state index in [-0.39, 0.29) is 12.1 Å². The van der Waals surface area contributed by atoms with Gasteiger partial charge >= 0.3 is 6.03 Å². The Morgan fingerprint density at radius 2 is 1.87 bits per heavy atom. The van der Waals surface area contributed by atoms with Crippen molar-refractivity contribution in [3.63, 3.8) is 0 Å². The van der Waals surface area contributed by atoms with Crippen LogP contribution in [-0.4, -0.2) is 54.1 Å². The first-order valence-electron chi connectivity index (χ1n) is 5.87. The van der Waals surface area contributed by atoms with E-state index in [1.807, 2.05) is 11.9 Å². The van der Waals surface area contributed by atoms with Crippen molar-refractivity contribution in [2.45, 2.75) is 44.8 Å². The second-order valence-corrected chi connectivity index (χ2v) is 4.94. The summed E-state index contributed by atoms with van der Waals surface area (Å²) in [5, 5.41) is 3.39. The molecule has 0 aromatic rings. The van der Waals surface area contributed by atoms with E-state index in [1.54, 1.807) is 0 Å². The Kier molecular flexibility index (Phi) is 2.87. The molecule has 2 fully saturated rings. The van der Waals surface area contributed by atoms with Crippen molar-refractivity contribution in [1.29, 1.82) is 0 Å². The number of rotatable bonds is 1. The van der Waals surface area contributed by atoms with Gasteiger partial charge in [-0.2, -0.15) is 0 Å². The highest BCUT2D eigenvalue weighted by atomic mass is 16.2. The molecule has 2 rings (SSSR count). The molecular weight excluding hydrogens is 190 g/mol. The zero-order valence-electron chi connectivity index (χ0n) is 9.86. The van der Waals surface area contributed by atoms with Crippen molar-refractivity contribution in [2.24, 2.45) is 0 Å². The number of hydrogen-bond donors (Lipinski definition) is 1. The van der Waals surface area contributed by atoms with Crippen LogP contribution in [0.1, 0.15) is 26.7 Å². The van der Waals surface area contributed by atoms with Gasteiger partial charge in [-0.25, -0.2) is 4.79 Å². The fourth-order valence-corrected chi connectivity index (χ4v) is 2.49. The lowest BCUT2D eigenvalue weighted by Gasteiger charge is -2.38. The van der Waals surface area contributed by atoms with Crippen molar-refractivity contribution in [3.8, 4) is 0 Å². The third kappa shape index (κ3) is 1.83. The van der Waals surface area contributed by atoms with E-state index in [1.165, 1.54) is 0 Å². The van der Waals surface area contributed by atoms with Gasteiger partial charge in [-0.1, -0.05) is 0 Å². The summed E-state index contributed by atoms with van der Waals surface area (Å²) in [6.07, 6.45) is 2.32. The van der Waals surface area contributed by atoms with Gasteiger partial charge in [-0.3, -0.25) is 0 Å². The van der Waals surface area contributed by atoms with Crippen molar-refractivity contribution < 1.29 is 4.79 Å². The van der Waals surface area contributed by atoms with Gasteiger partial charge in [0.1, 0.15) is 0 Å². The molecule has 2 aliphatic rings. The number of carbonyl (C=O) groups is 1. The minimum Gasteiger partial charge on any atom is -0.325 e. The summed E-state index contributed by atoms with van der Waals surface area (Å²) in [6.45, 7) is 6.05. The second-order valence-electron chi connectivity index (χ2n) is 4.94. The van der Waals surface area contributed by atoms with E-state index < -0.39 is 0 Å². The Labute approximate surface area is 91.6 Å². The molecule has 15 heavy (non-hydrogen) atoms. The predicted octanol–water partition coefficient (Wildman–Crippen LogP) is 0.883. The third-order valence-electron chi connectivity index (χ3n) is 3.68. The van der Waals surface area contributed by atoms with Gasteiger partial charge in [0.25, 0.3) is 0 Å². The topological polar surface area (TPSA) is 35.6 Å². The molecule has 4 nitrogen and oxygen atoms in total. The molecular formula is C11H21N3O. The molecule has 1 N–H and O–H groups in total. The summed E-state index contributed by atoms with van der Waals surface area (Å²) in [4.78, 5) is 16.2. The molecule has 2 aliphatic heterocycles. The number of fused-ring (bicyclic) bond motifs is 2. The zero-order chi connectivity index (χ0) is 11.0. The standard InChI is InChI=1S/C11H21N3O/c1-8(2)13(3)11(15)14-9-4-5-10(14)7-12-6-9/h8-10,12H,4-7H2,1-3H3. The van der Waals surface area contributed by atoms with Gasteiger partial charge < -0.3 is 15.1 Å². The van der Waals surface area contributed by atoms with Crippen LogP contribution in [0.15, 0.2) is 0 Å². The van der Waals surface area contributed by atoms with Crippen LogP contribution in [0.2, 0.25) is 0 Å². The first-order valence-corrected chi connectivity index (χ1v) is 5.87. The fraction of sp³-hybridized carbons (Fsp3) is 0.909. The van der Waals surface area contributed by atoms with E-state index in [0.717, 1.165) is 25.9 Å². The van der Waals surface area contributed by atoms with Crippen LogP contribution in [0.4, 0.5) is 4.79 Å². The normalized spacial score (nSPS) is 29.7. The molecule has 2 heterocycles. The summed E-state index contributed by atoms with van der Waals surface area (Å²) in [5.74, 6) is 0. The quantitative estimate of drug-likeness (QED) is 0.699. The van der Waals surface area contributed by atoms with E-state index >= 15 is 0 Å². The first-order chi connectivity index (χ1) is 7.11. The number of carbonyl (C=O) groups excluding carboxylic acids is 1. The Bertz CT molecular complexity index is 238. The van der Waals surface area contributed by atoms with Crippen LogP contribution in [0.5, 0.6) is 0 Å². The SMILES string of the molecule is CC(C)N(C)C(=O)N1C2CCC1CNC2. The second kappa shape index (κ2) is 4.00. The summed E-state index contributed by atoms with van der Waals surface area (Å²) in [6, 6.07) is 1.35.